The van der Waals surface area contributed by atoms with E-state index in [2.05, 4.69) is 15.9 Å². The van der Waals surface area contributed by atoms with E-state index < -0.39 is 4.32 Å². The number of hydrogen-bond donors (Lipinski definition) is 0. The molecule has 16 heavy (non-hydrogen) atoms. The van der Waals surface area contributed by atoms with Gasteiger partial charge in [-0.3, -0.25) is 4.79 Å². The number of halogens is 1. The monoisotopic (exact) mass is 284 g/mol. The number of ether oxygens (including phenoxy) is 2. The zero-order valence-electron chi connectivity index (χ0n) is 9.25. The molecule has 0 fully saturated rings. The zero-order valence-corrected chi connectivity index (χ0v) is 10.8. The van der Waals surface area contributed by atoms with Crippen molar-refractivity contribution in [2.75, 3.05) is 13.7 Å². The maximum Gasteiger partial charge on any atom is 0.183 e. The highest BCUT2D eigenvalue weighted by Gasteiger charge is 2.35. The second-order valence-electron chi connectivity index (χ2n) is 3.99. The van der Waals surface area contributed by atoms with E-state index >= 15 is 0 Å². The number of fused-ring (bicyclic) bond motifs is 1. The first kappa shape index (κ1) is 11.5. The molecule has 1 aliphatic rings. The van der Waals surface area contributed by atoms with E-state index in [0.717, 1.165) is 0 Å². The molecule has 1 heterocycles. The van der Waals surface area contributed by atoms with Crippen LogP contribution in [0.2, 0.25) is 0 Å². The summed E-state index contributed by atoms with van der Waals surface area (Å²) in [5.74, 6) is 1.36. The van der Waals surface area contributed by atoms with Crippen LogP contribution in [0.4, 0.5) is 0 Å². The van der Waals surface area contributed by atoms with Crippen LogP contribution in [0.15, 0.2) is 18.2 Å². The summed E-state index contributed by atoms with van der Waals surface area (Å²) in [5.41, 5.74) is 0.609. The normalized spacial score (nSPS) is 24.3. The van der Waals surface area contributed by atoms with Crippen LogP contribution < -0.4 is 9.47 Å². The third-order valence-corrected chi connectivity index (χ3v) is 3.49. The summed E-state index contributed by atoms with van der Waals surface area (Å²) in [6.45, 7) is 2.39. The number of ketones is 1. The van der Waals surface area contributed by atoms with Crippen LogP contribution in [-0.2, 0) is 0 Å². The highest BCUT2D eigenvalue weighted by atomic mass is 79.9. The van der Waals surface area contributed by atoms with Crippen molar-refractivity contribution in [3.8, 4) is 11.5 Å². The molecule has 0 N–H and O–H groups in total. The summed E-state index contributed by atoms with van der Waals surface area (Å²) in [6, 6.07) is 5.28. The summed E-state index contributed by atoms with van der Waals surface area (Å²) < 4.78 is 10.1. The summed E-state index contributed by atoms with van der Waals surface area (Å²) in [4.78, 5) is 12.2. The van der Waals surface area contributed by atoms with Gasteiger partial charge in [-0.25, -0.2) is 0 Å². The second kappa shape index (κ2) is 4.09. The van der Waals surface area contributed by atoms with Crippen LogP contribution in [0.5, 0.6) is 11.5 Å². The van der Waals surface area contributed by atoms with Crippen LogP contribution in [0, 0.1) is 0 Å². The molecule has 3 nitrogen and oxygen atoms in total. The fourth-order valence-electron chi connectivity index (χ4n) is 1.68. The Bertz CT molecular complexity index is 426. The van der Waals surface area contributed by atoms with E-state index in [9.17, 15) is 4.79 Å². The van der Waals surface area contributed by atoms with Gasteiger partial charge in [0.25, 0.3) is 0 Å². The Morgan fingerprint density at radius 2 is 2.25 bits per heavy atom. The molecule has 1 aromatic carbocycles. The molecule has 0 bridgehead atoms. The van der Waals surface area contributed by atoms with Gasteiger partial charge in [0.1, 0.15) is 11.5 Å². The Balaban J connectivity index is 2.48. The van der Waals surface area contributed by atoms with Crippen molar-refractivity contribution in [2.24, 2.45) is 0 Å². The molecule has 0 aromatic heterocycles. The van der Waals surface area contributed by atoms with Crippen molar-refractivity contribution in [3.63, 3.8) is 0 Å². The molecule has 86 valence electrons. The Kier molecular flexibility index (Phi) is 2.93. The highest BCUT2D eigenvalue weighted by Crippen LogP contribution is 2.36. The molecule has 1 aliphatic heterocycles. The van der Waals surface area contributed by atoms with E-state index in [1.54, 1.807) is 25.3 Å². The van der Waals surface area contributed by atoms with Gasteiger partial charge >= 0.3 is 0 Å². The average Bonchev–Trinajstić information content (AvgIpc) is 2.37. The first-order valence-electron chi connectivity index (χ1n) is 5.09. The van der Waals surface area contributed by atoms with Crippen molar-refractivity contribution >= 4 is 21.7 Å². The number of methoxy groups -OCH3 is 1. The van der Waals surface area contributed by atoms with Gasteiger partial charge in [0.2, 0.25) is 0 Å². The summed E-state index contributed by atoms with van der Waals surface area (Å²) in [5, 5.41) is 0. The number of hydrogen-bond acceptors (Lipinski definition) is 3. The van der Waals surface area contributed by atoms with Crippen LogP contribution in [0.25, 0.3) is 0 Å². The minimum Gasteiger partial charge on any atom is -0.497 e. The third kappa shape index (κ3) is 1.94. The molecule has 1 unspecified atom stereocenters. The number of Topliss-reactive ketones (excluding diaryl/α,β-unsaturated/α-hetero) is 1. The molecule has 0 aliphatic carbocycles. The topological polar surface area (TPSA) is 35.5 Å². The van der Waals surface area contributed by atoms with E-state index in [-0.39, 0.29) is 5.78 Å². The predicted octanol–water partition coefficient (Wildman–Crippen LogP) is 2.81. The molecule has 1 atom stereocenters. The third-order valence-electron chi connectivity index (χ3n) is 2.74. The van der Waals surface area contributed by atoms with Gasteiger partial charge in [0.15, 0.2) is 5.78 Å². The lowest BCUT2D eigenvalue weighted by atomic mass is 9.97. The van der Waals surface area contributed by atoms with E-state index in [1.165, 1.54) is 0 Å². The minimum absolute atomic E-state index is 0.0580. The van der Waals surface area contributed by atoms with Crippen molar-refractivity contribution in [3.05, 3.63) is 23.8 Å². The van der Waals surface area contributed by atoms with Gasteiger partial charge in [0, 0.05) is 12.5 Å². The lowest BCUT2D eigenvalue weighted by Crippen LogP contribution is -2.27. The lowest BCUT2D eigenvalue weighted by Gasteiger charge is -2.16. The molecular weight excluding hydrogens is 272 g/mol. The van der Waals surface area contributed by atoms with Crippen LogP contribution in [-0.4, -0.2) is 23.8 Å². The van der Waals surface area contributed by atoms with Crippen molar-refractivity contribution in [1.29, 1.82) is 0 Å². The Morgan fingerprint density at radius 1 is 1.50 bits per heavy atom. The molecule has 2 rings (SSSR count). The number of carbonyl (C=O) groups is 1. The fraction of sp³-hybridized carbons (Fsp3) is 0.417. The van der Waals surface area contributed by atoms with E-state index in [4.69, 9.17) is 9.47 Å². The largest absolute Gasteiger partial charge is 0.497 e. The van der Waals surface area contributed by atoms with Gasteiger partial charge in [-0.15, -0.1) is 0 Å². The van der Waals surface area contributed by atoms with Crippen molar-refractivity contribution < 1.29 is 14.3 Å². The van der Waals surface area contributed by atoms with E-state index in [1.807, 2.05) is 6.92 Å². The first-order chi connectivity index (χ1) is 7.54. The van der Waals surface area contributed by atoms with E-state index in [0.29, 0.717) is 30.1 Å². The summed E-state index contributed by atoms with van der Waals surface area (Å²) >= 11 is 3.45. The number of carbonyl (C=O) groups excluding carboxylic acids is 1. The smallest absolute Gasteiger partial charge is 0.183 e. The van der Waals surface area contributed by atoms with Gasteiger partial charge in [-0.1, -0.05) is 15.9 Å². The summed E-state index contributed by atoms with van der Waals surface area (Å²) in [7, 11) is 1.59. The van der Waals surface area contributed by atoms with Crippen LogP contribution >= 0.6 is 15.9 Å². The SMILES string of the molecule is COc1ccc2c(c1)OCCC(C)(Br)C2=O. The minimum atomic E-state index is -0.535. The maximum absolute atomic E-state index is 12.2. The molecule has 1 aromatic rings. The molecule has 0 saturated carbocycles. The van der Waals surface area contributed by atoms with Crippen molar-refractivity contribution in [1.82, 2.24) is 0 Å². The molecule has 0 saturated heterocycles. The van der Waals surface area contributed by atoms with Crippen molar-refractivity contribution in [2.45, 2.75) is 17.7 Å². The van der Waals surface area contributed by atoms with Crippen LogP contribution in [0.1, 0.15) is 23.7 Å². The zero-order chi connectivity index (χ0) is 11.8. The first-order valence-corrected chi connectivity index (χ1v) is 5.88. The molecule has 0 spiro atoms. The average molecular weight is 285 g/mol. The number of benzene rings is 1. The molecule has 0 radical (unpaired) electrons. The second-order valence-corrected chi connectivity index (χ2v) is 5.74. The van der Waals surface area contributed by atoms with Gasteiger partial charge in [-0.2, -0.15) is 0 Å². The molecule has 4 heteroatoms. The number of alkyl halides is 1. The van der Waals surface area contributed by atoms with Gasteiger partial charge < -0.3 is 9.47 Å². The number of rotatable bonds is 1. The summed E-state index contributed by atoms with van der Waals surface area (Å²) in [6.07, 6.45) is 0.656. The predicted molar refractivity (Wildman–Crippen MR) is 64.8 cm³/mol. The van der Waals surface area contributed by atoms with Crippen LogP contribution in [0.3, 0.4) is 0 Å². The van der Waals surface area contributed by atoms with Gasteiger partial charge in [-0.05, 0) is 19.1 Å². The standard InChI is InChI=1S/C12H13BrO3/c1-12(13)5-6-16-10-7-8(15-2)3-4-9(10)11(12)14/h3-4,7H,5-6H2,1-2H3. The van der Waals surface area contributed by atoms with Gasteiger partial charge in [0.05, 0.1) is 23.6 Å². The Morgan fingerprint density at radius 3 is 2.94 bits per heavy atom. The fourth-order valence-corrected chi connectivity index (χ4v) is 2.06. The quantitative estimate of drug-likeness (QED) is 0.744. The Hall–Kier alpha value is -1.03. The lowest BCUT2D eigenvalue weighted by molar-refractivity contribution is 0.0952. The molecule has 0 amide bonds. The Labute approximate surface area is 103 Å². The maximum atomic E-state index is 12.2. The highest BCUT2D eigenvalue weighted by molar-refractivity contribution is 9.10. The molecular formula is C12H13BrO3.